The average Bonchev–Trinajstić information content (AvgIpc) is 3.12. The fraction of sp³-hybridized carbons (Fsp3) is 0.821. The number of ether oxygens (including phenoxy) is 4. The molecule has 2 amide bonds. The molecular weight excluding hydrogens is 704 g/mol. The number of amides is 2. The topological polar surface area (TPSA) is 221 Å². The third-order valence-corrected chi connectivity index (χ3v) is 7.99. The van der Waals surface area contributed by atoms with Gasteiger partial charge in [-0.25, -0.2) is 4.79 Å². The van der Waals surface area contributed by atoms with Crippen molar-refractivity contribution in [3.8, 4) is 0 Å². The number of ketones is 2. The predicted molar refractivity (Wildman–Crippen MR) is 203 cm³/mol. The van der Waals surface area contributed by atoms with E-state index in [0.29, 0.717) is 45.8 Å². The van der Waals surface area contributed by atoms with Crippen LogP contribution in [0.1, 0.15) is 142 Å². The van der Waals surface area contributed by atoms with Crippen molar-refractivity contribution >= 4 is 41.6 Å². The van der Waals surface area contributed by atoms with Gasteiger partial charge in [0.15, 0.2) is 5.78 Å². The van der Waals surface area contributed by atoms with Gasteiger partial charge >= 0.3 is 11.9 Å². The predicted octanol–water partition coefficient (Wildman–Crippen LogP) is 4.99. The van der Waals surface area contributed by atoms with E-state index in [0.717, 1.165) is 44.8 Å². The van der Waals surface area contributed by atoms with Crippen LogP contribution in [0.4, 0.5) is 0 Å². The van der Waals surface area contributed by atoms with E-state index in [9.17, 15) is 33.9 Å². The molecule has 0 aliphatic heterocycles. The van der Waals surface area contributed by atoms with Gasteiger partial charge in [-0.15, -0.1) is 0 Å². The summed E-state index contributed by atoms with van der Waals surface area (Å²) in [6.45, 7) is 4.91. The number of nitrogens with one attached hydrogen (secondary N) is 2. The van der Waals surface area contributed by atoms with Gasteiger partial charge in [-0.3, -0.25) is 24.0 Å². The number of hydrogen-bond acceptors (Lipinski definition) is 11. The van der Waals surface area contributed by atoms with Crippen LogP contribution >= 0.6 is 0 Å². The quantitative estimate of drug-likeness (QED) is 0.0478. The average molecular weight is 775 g/mol. The zero-order chi connectivity index (χ0) is 40.5. The van der Waals surface area contributed by atoms with Crippen LogP contribution in [0.2, 0.25) is 0 Å². The van der Waals surface area contributed by atoms with Gasteiger partial charge in [0.25, 0.3) is 0 Å². The van der Waals surface area contributed by atoms with Crippen molar-refractivity contribution in [3.63, 3.8) is 0 Å². The van der Waals surface area contributed by atoms with Gasteiger partial charge < -0.3 is 44.6 Å². The summed E-state index contributed by atoms with van der Waals surface area (Å²) in [7, 11) is 0. The first-order chi connectivity index (χ1) is 26.0. The number of carbonyl (C=O) groups excluding carboxylic acids is 5. The van der Waals surface area contributed by atoms with E-state index in [1.165, 1.54) is 58.8 Å². The molecule has 0 aliphatic rings. The van der Waals surface area contributed by atoms with Crippen molar-refractivity contribution in [1.82, 2.24) is 10.6 Å². The summed E-state index contributed by atoms with van der Waals surface area (Å²) in [6, 6.07) is -1.09. The molecule has 4 N–H and O–H groups in total. The first-order valence-corrected chi connectivity index (χ1v) is 19.8. The third-order valence-electron chi connectivity index (χ3n) is 7.99. The minimum Gasteiger partial charge on any atom is -0.481 e. The van der Waals surface area contributed by atoms with E-state index < -0.39 is 18.0 Å². The van der Waals surface area contributed by atoms with Crippen LogP contribution in [-0.2, 0) is 52.5 Å². The van der Waals surface area contributed by atoms with Gasteiger partial charge in [-0.05, 0) is 39.5 Å². The molecule has 314 valence electrons. The van der Waals surface area contributed by atoms with Crippen molar-refractivity contribution in [1.29, 1.82) is 0 Å². The fourth-order valence-electron chi connectivity index (χ4n) is 5.14. The Morgan fingerprint density at radius 1 is 0.556 bits per heavy atom. The lowest BCUT2D eigenvalue weighted by molar-refractivity contribution is -0.142. The highest BCUT2D eigenvalue weighted by Gasteiger charge is 2.20. The van der Waals surface area contributed by atoms with E-state index in [1.54, 1.807) is 0 Å². The summed E-state index contributed by atoms with van der Waals surface area (Å²) in [4.78, 5) is 77.9. The molecule has 54 heavy (non-hydrogen) atoms. The maximum absolute atomic E-state index is 12.3. The zero-order valence-electron chi connectivity index (χ0n) is 33.0. The summed E-state index contributed by atoms with van der Waals surface area (Å²) >= 11 is 0. The second-order valence-corrected chi connectivity index (χ2v) is 13.1. The van der Waals surface area contributed by atoms with Crippen LogP contribution in [0.3, 0.4) is 0 Å². The van der Waals surface area contributed by atoms with Gasteiger partial charge in [0.05, 0.1) is 33.0 Å². The second kappa shape index (κ2) is 40.9. The first-order valence-electron chi connectivity index (χ1n) is 19.8. The largest absolute Gasteiger partial charge is 0.481 e. The number of hydrogen-bond donors (Lipinski definition) is 4. The van der Waals surface area contributed by atoms with Crippen LogP contribution in [0, 0.1) is 0 Å². The lowest BCUT2D eigenvalue weighted by Gasteiger charge is -2.14. The molecule has 0 radical (unpaired) electrons. The summed E-state index contributed by atoms with van der Waals surface area (Å²) in [6.07, 6.45) is 17.3. The molecular formula is C39H70N2O13. The standard InChI is InChI=1S/C37H66N2O12.C2H4O/c1-31(40)29-50-27-26-49-24-22-38-35(43)30-51-28-25-48-23-16-17-32(41)20-21-33(37(46)47)39-34(42)18-14-12-10-8-6-4-2-3-5-7-9-11-13-15-19-36(44)45;1-2-3/h33H,2-30H2,1H3,(H,38,43)(H,39,42)(H,44,45)(H,46,47);2H,1H3/t33-;/m0./s1. The smallest absolute Gasteiger partial charge is 0.326 e. The van der Waals surface area contributed by atoms with Crippen molar-refractivity contribution < 1.29 is 62.7 Å². The molecule has 0 fully saturated rings. The van der Waals surface area contributed by atoms with E-state index in [-0.39, 0.29) is 81.9 Å². The molecule has 0 rings (SSSR count). The molecule has 0 saturated carbocycles. The number of carboxylic acids is 2. The molecule has 0 saturated heterocycles. The van der Waals surface area contributed by atoms with Crippen LogP contribution in [0.5, 0.6) is 0 Å². The molecule has 0 bridgehead atoms. The molecule has 0 unspecified atom stereocenters. The first kappa shape index (κ1) is 52.8. The molecule has 15 nitrogen and oxygen atoms in total. The minimum atomic E-state index is -1.15. The molecule has 0 heterocycles. The van der Waals surface area contributed by atoms with E-state index in [1.807, 2.05) is 0 Å². The fourth-order valence-corrected chi connectivity index (χ4v) is 5.14. The second-order valence-electron chi connectivity index (χ2n) is 13.1. The molecule has 0 aromatic rings. The number of carboxylic acid groups (broad SMARTS) is 2. The number of aliphatic carboxylic acids is 2. The molecule has 0 aliphatic carbocycles. The van der Waals surface area contributed by atoms with Crippen molar-refractivity contribution in [2.75, 3.05) is 59.4 Å². The molecule has 0 aromatic carbocycles. The van der Waals surface area contributed by atoms with Crippen molar-refractivity contribution in [2.45, 2.75) is 148 Å². The number of carbonyl (C=O) groups is 7. The van der Waals surface area contributed by atoms with Gasteiger partial charge in [-0.1, -0.05) is 77.0 Å². The van der Waals surface area contributed by atoms with Crippen LogP contribution in [-0.4, -0.2) is 117 Å². The van der Waals surface area contributed by atoms with Crippen LogP contribution in [0.25, 0.3) is 0 Å². The molecule has 0 spiro atoms. The molecule has 1 atom stereocenters. The Kier molecular flexibility index (Phi) is 40.0. The Labute approximate surface area is 322 Å². The number of Topliss-reactive ketones (excluding diaryl/α,β-unsaturated/α-hetero) is 2. The van der Waals surface area contributed by atoms with Gasteiger partial charge in [0, 0.05) is 38.8 Å². The van der Waals surface area contributed by atoms with Crippen molar-refractivity contribution in [2.24, 2.45) is 0 Å². The van der Waals surface area contributed by atoms with Crippen molar-refractivity contribution in [3.05, 3.63) is 0 Å². The number of aldehydes is 1. The summed E-state index contributed by atoms with van der Waals surface area (Å²) in [5.74, 6) is -2.59. The number of rotatable bonds is 39. The van der Waals surface area contributed by atoms with E-state index in [2.05, 4.69) is 10.6 Å². The Balaban J connectivity index is 0. The highest BCUT2D eigenvalue weighted by molar-refractivity contribution is 5.84. The Morgan fingerprint density at radius 3 is 1.52 bits per heavy atom. The third kappa shape index (κ3) is 43.1. The Morgan fingerprint density at radius 2 is 1.02 bits per heavy atom. The lowest BCUT2D eigenvalue weighted by atomic mass is 10.0. The monoisotopic (exact) mass is 774 g/mol. The summed E-state index contributed by atoms with van der Waals surface area (Å²) in [5.41, 5.74) is 0. The summed E-state index contributed by atoms with van der Waals surface area (Å²) < 4.78 is 21.0. The normalized spacial score (nSPS) is 11.2. The van der Waals surface area contributed by atoms with Crippen LogP contribution < -0.4 is 10.6 Å². The molecule has 0 aromatic heterocycles. The van der Waals surface area contributed by atoms with Crippen LogP contribution in [0.15, 0.2) is 0 Å². The molecule has 15 heteroatoms. The van der Waals surface area contributed by atoms with Gasteiger partial charge in [0.1, 0.15) is 31.3 Å². The Bertz CT molecular complexity index is 994. The lowest BCUT2D eigenvalue weighted by Crippen LogP contribution is -2.41. The zero-order valence-corrected chi connectivity index (χ0v) is 33.0. The highest BCUT2D eigenvalue weighted by atomic mass is 16.5. The Hall–Kier alpha value is -3.27. The van der Waals surface area contributed by atoms with Gasteiger partial charge in [0.2, 0.25) is 11.8 Å². The van der Waals surface area contributed by atoms with E-state index in [4.69, 9.17) is 28.8 Å². The van der Waals surface area contributed by atoms with E-state index >= 15 is 0 Å². The highest BCUT2D eigenvalue weighted by Crippen LogP contribution is 2.14. The maximum atomic E-state index is 12.3. The van der Waals surface area contributed by atoms with Gasteiger partial charge in [-0.2, -0.15) is 0 Å². The maximum Gasteiger partial charge on any atom is 0.326 e. The summed E-state index contributed by atoms with van der Waals surface area (Å²) in [5, 5.41) is 23.3. The number of unbranched alkanes of at least 4 members (excludes halogenated alkanes) is 13. The minimum absolute atomic E-state index is 0.0468. The SMILES string of the molecule is CC(=O)COCCOCCNC(=O)COCCOCCCC(=O)CC[C@H](NC(=O)CCCCCCCCCCCCCCCCC(=O)O)C(=O)O.CC=O.